The number of unbranched alkanes of at least 4 members (excludes halogenated alkanes) is 1. The molecule has 0 aromatic rings. The molecular weight excluding hydrogens is 335 g/mol. The molecule has 2 unspecified atom stereocenters. The number of fused-ring (bicyclic) bond motifs is 1. The van der Waals surface area contributed by atoms with Crippen LogP contribution in [0.3, 0.4) is 0 Å². The van der Waals surface area contributed by atoms with E-state index in [4.69, 9.17) is 14.2 Å². The number of hydrogen-bond acceptors (Lipinski definition) is 4. The lowest BCUT2D eigenvalue weighted by Crippen LogP contribution is -2.40. The zero-order chi connectivity index (χ0) is 18.6. The standard InChI is InChI=1S/C21H37FO4/c1-3-4-8-16(22)17(25-19-9-5-6-14-24-19)10-13-21-12-7-11-20(21,2)26-18(23)15-21/h16-19,23H,3-15H2,1-2H3/t16-,17+,18?,19?,20+,21-/m1/s1. The second-order valence-corrected chi connectivity index (χ2v) is 8.81. The molecule has 2 saturated heterocycles. The predicted molar refractivity (Wildman–Crippen MR) is 98.5 cm³/mol. The first kappa shape index (κ1) is 20.5. The third kappa shape index (κ3) is 4.43. The molecule has 3 fully saturated rings. The molecule has 3 rings (SSSR count). The fraction of sp³-hybridized carbons (Fsp3) is 1.00. The number of aliphatic hydroxyl groups excluding tert-OH is 1. The highest BCUT2D eigenvalue weighted by Crippen LogP contribution is 2.59. The molecule has 26 heavy (non-hydrogen) atoms. The first-order valence-corrected chi connectivity index (χ1v) is 10.7. The average Bonchev–Trinajstić information content (AvgIpc) is 3.05. The van der Waals surface area contributed by atoms with E-state index in [-0.39, 0.29) is 17.3 Å². The topological polar surface area (TPSA) is 47.9 Å². The van der Waals surface area contributed by atoms with Crippen molar-refractivity contribution in [2.75, 3.05) is 6.61 Å². The van der Waals surface area contributed by atoms with Gasteiger partial charge in [0.25, 0.3) is 0 Å². The van der Waals surface area contributed by atoms with E-state index in [1.807, 2.05) is 0 Å². The summed E-state index contributed by atoms with van der Waals surface area (Å²) in [4.78, 5) is 0. The Kier molecular flexibility index (Phi) is 6.98. The zero-order valence-electron chi connectivity index (χ0n) is 16.6. The molecular formula is C21H37FO4. The maximum atomic E-state index is 14.9. The van der Waals surface area contributed by atoms with E-state index in [9.17, 15) is 9.50 Å². The number of ether oxygens (including phenoxy) is 3. The molecule has 1 saturated carbocycles. The Morgan fingerprint density at radius 1 is 1.23 bits per heavy atom. The van der Waals surface area contributed by atoms with Gasteiger partial charge in [-0.25, -0.2) is 4.39 Å². The van der Waals surface area contributed by atoms with Crippen molar-refractivity contribution < 1.29 is 23.7 Å². The first-order valence-electron chi connectivity index (χ1n) is 10.7. The SMILES string of the molecule is CCCC[C@@H](F)[C@H](CC[C@@]12CCC[C@]1(C)OC(O)C2)OC1CCCCO1. The van der Waals surface area contributed by atoms with E-state index >= 15 is 0 Å². The molecule has 2 aliphatic heterocycles. The Bertz CT molecular complexity index is 442. The van der Waals surface area contributed by atoms with Gasteiger partial charge >= 0.3 is 0 Å². The minimum absolute atomic E-state index is 0.0358. The Labute approximate surface area is 157 Å². The summed E-state index contributed by atoms with van der Waals surface area (Å²) in [6.45, 7) is 4.93. The summed E-state index contributed by atoms with van der Waals surface area (Å²) in [6, 6.07) is 0. The van der Waals surface area contributed by atoms with Crippen LogP contribution in [0.1, 0.15) is 90.9 Å². The quantitative estimate of drug-likeness (QED) is 0.627. The summed E-state index contributed by atoms with van der Waals surface area (Å²) in [7, 11) is 0. The molecule has 152 valence electrons. The Morgan fingerprint density at radius 3 is 2.81 bits per heavy atom. The highest BCUT2D eigenvalue weighted by molar-refractivity contribution is 5.06. The van der Waals surface area contributed by atoms with Gasteiger partial charge < -0.3 is 19.3 Å². The van der Waals surface area contributed by atoms with Crippen molar-refractivity contribution in [3.05, 3.63) is 0 Å². The third-order valence-electron chi connectivity index (χ3n) is 7.00. The number of hydrogen-bond donors (Lipinski definition) is 1. The van der Waals surface area contributed by atoms with Gasteiger partial charge in [0.2, 0.25) is 0 Å². The fourth-order valence-corrected chi connectivity index (χ4v) is 5.31. The van der Waals surface area contributed by atoms with Gasteiger partial charge in [-0.15, -0.1) is 0 Å². The molecule has 2 heterocycles. The van der Waals surface area contributed by atoms with Gasteiger partial charge in [-0.05, 0) is 64.7 Å². The van der Waals surface area contributed by atoms with E-state index in [1.54, 1.807) is 0 Å². The highest BCUT2D eigenvalue weighted by Gasteiger charge is 2.58. The van der Waals surface area contributed by atoms with Crippen molar-refractivity contribution in [2.45, 2.75) is 121 Å². The Balaban J connectivity index is 1.62. The van der Waals surface area contributed by atoms with Crippen LogP contribution in [0, 0.1) is 5.41 Å². The van der Waals surface area contributed by atoms with Crippen LogP contribution in [0.4, 0.5) is 4.39 Å². The first-order chi connectivity index (χ1) is 12.5. The van der Waals surface area contributed by atoms with Crippen molar-refractivity contribution in [3.63, 3.8) is 0 Å². The van der Waals surface area contributed by atoms with Gasteiger partial charge in [-0.3, -0.25) is 0 Å². The lowest BCUT2D eigenvalue weighted by molar-refractivity contribution is -0.203. The van der Waals surface area contributed by atoms with Crippen LogP contribution in [0.5, 0.6) is 0 Å². The number of aliphatic hydroxyl groups is 1. The van der Waals surface area contributed by atoms with Gasteiger partial charge in [0.05, 0.1) is 11.7 Å². The van der Waals surface area contributed by atoms with Crippen LogP contribution in [-0.2, 0) is 14.2 Å². The van der Waals surface area contributed by atoms with Crippen LogP contribution < -0.4 is 0 Å². The molecule has 0 radical (unpaired) electrons. The average molecular weight is 373 g/mol. The predicted octanol–water partition coefficient (Wildman–Crippen LogP) is 4.87. The monoisotopic (exact) mass is 372 g/mol. The van der Waals surface area contributed by atoms with Crippen LogP contribution in [0.25, 0.3) is 0 Å². The lowest BCUT2D eigenvalue weighted by atomic mass is 9.71. The second-order valence-electron chi connectivity index (χ2n) is 8.81. The maximum absolute atomic E-state index is 14.9. The van der Waals surface area contributed by atoms with Crippen molar-refractivity contribution in [1.82, 2.24) is 0 Å². The van der Waals surface area contributed by atoms with E-state index in [1.165, 1.54) is 0 Å². The Morgan fingerprint density at radius 2 is 2.08 bits per heavy atom. The summed E-state index contributed by atoms with van der Waals surface area (Å²) in [5.41, 5.74) is -0.306. The van der Waals surface area contributed by atoms with E-state index in [0.717, 1.165) is 57.8 Å². The van der Waals surface area contributed by atoms with Crippen LogP contribution in [0.2, 0.25) is 0 Å². The molecule has 1 aliphatic carbocycles. The van der Waals surface area contributed by atoms with Crippen molar-refractivity contribution in [2.24, 2.45) is 5.41 Å². The van der Waals surface area contributed by atoms with Gasteiger partial charge in [-0.2, -0.15) is 0 Å². The smallest absolute Gasteiger partial charge is 0.158 e. The number of rotatable bonds is 9. The molecule has 0 spiro atoms. The zero-order valence-corrected chi connectivity index (χ0v) is 16.6. The van der Waals surface area contributed by atoms with Crippen LogP contribution in [-0.4, -0.2) is 42.2 Å². The summed E-state index contributed by atoms with van der Waals surface area (Å²) in [5, 5.41) is 10.1. The normalized spacial score (nSPS) is 39.7. The Hall–Kier alpha value is -0.230. The fourth-order valence-electron chi connectivity index (χ4n) is 5.31. The summed E-state index contributed by atoms with van der Waals surface area (Å²) in [5.74, 6) is 0. The second kappa shape index (κ2) is 8.85. The van der Waals surface area contributed by atoms with Gasteiger partial charge in [0.1, 0.15) is 6.17 Å². The van der Waals surface area contributed by atoms with Gasteiger partial charge in [-0.1, -0.05) is 19.8 Å². The third-order valence-corrected chi connectivity index (χ3v) is 7.00. The molecule has 3 aliphatic rings. The number of alkyl halides is 1. The molecule has 0 aromatic heterocycles. The van der Waals surface area contributed by atoms with E-state index in [0.29, 0.717) is 25.9 Å². The molecule has 4 nitrogen and oxygen atoms in total. The molecule has 6 atom stereocenters. The van der Waals surface area contributed by atoms with Crippen LogP contribution >= 0.6 is 0 Å². The maximum Gasteiger partial charge on any atom is 0.158 e. The minimum Gasteiger partial charge on any atom is -0.368 e. The van der Waals surface area contributed by atoms with Crippen molar-refractivity contribution in [1.29, 1.82) is 0 Å². The molecule has 5 heteroatoms. The lowest BCUT2D eigenvalue weighted by Gasteiger charge is -2.38. The summed E-state index contributed by atoms with van der Waals surface area (Å²) >= 11 is 0. The van der Waals surface area contributed by atoms with Crippen LogP contribution in [0.15, 0.2) is 0 Å². The molecule has 0 aromatic carbocycles. The van der Waals surface area contributed by atoms with Gasteiger partial charge in [0, 0.05) is 18.4 Å². The molecule has 1 N–H and O–H groups in total. The summed E-state index contributed by atoms with van der Waals surface area (Å²) < 4.78 is 32.6. The van der Waals surface area contributed by atoms with Gasteiger partial charge in [0.15, 0.2) is 12.6 Å². The molecule has 0 bridgehead atoms. The molecule has 0 amide bonds. The number of halogens is 1. The largest absolute Gasteiger partial charge is 0.368 e. The summed E-state index contributed by atoms with van der Waals surface area (Å²) in [6.07, 6.45) is 8.51. The minimum atomic E-state index is -0.947. The van der Waals surface area contributed by atoms with Crippen molar-refractivity contribution >= 4 is 0 Å². The highest BCUT2D eigenvalue weighted by atomic mass is 19.1. The van der Waals surface area contributed by atoms with Crippen molar-refractivity contribution in [3.8, 4) is 0 Å². The van der Waals surface area contributed by atoms with E-state index in [2.05, 4.69) is 13.8 Å². The van der Waals surface area contributed by atoms with E-state index < -0.39 is 18.6 Å².